The maximum absolute atomic E-state index is 13.6. The van der Waals surface area contributed by atoms with E-state index in [1.54, 1.807) is 0 Å². The number of carbonyl (C=O) groups excluding carboxylic acids is 1. The van der Waals surface area contributed by atoms with Crippen LogP contribution < -0.4 is 10.6 Å². The Kier molecular flexibility index (Phi) is 5.06. The topological polar surface area (TPSA) is 76.8 Å². The van der Waals surface area contributed by atoms with Gasteiger partial charge in [0.1, 0.15) is 5.82 Å². The Hall–Kier alpha value is -2.52. The lowest BCUT2D eigenvalue weighted by molar-refractivity contribution is -0.174. The molecule has 1 amide bonds. The zero-order chi connectivity index (χ0) is 21.8. The van der Waals surface area contributed by atoms with Gasteiger partial charge >= 0.3 is 6.18 Å². The molecule has 0 bridgehead atoms. The van der Waals surface area contributed by atoms with E-state index in [0.717, 1.165) is 34.5 Å². The average Bonchev–Trinajstić information content (AvgIpc) is 3.35. The average molecular weight is 424 g/mol. The summed E-state index contributed by atoms with van der Waals surface area (Å²) in [7, 11) is 0. The second-order valence-corrected chi connectivity index (χ2v) is 8.34. The molecular weight excluding hydrogens is 397 g/mol. The Morgan fingerprint density at radius 3 is 2.60 bits per heavy atom. The number of nitrogens with one attached hydrogen (secondary N) is 2. The summed E-state index contributed by atoms with van der Waals surface area (Å²) in [5.41, 5.74) is 2.66. The lowest BCUT2D eigenvalue weighted by Crippen LogP contribution is -2.40. The van der Waals surface area contributed by atoms with Gasteiger partial charge in [-0.1, -0.05) is 0 Å². The van der Waals surface area contributed by atoms with E-state index in [1.807, 2.05) is 32.4 Å². The Morgan fingerprint density at radius 1 is 1.33 bits per heavy atom. The largest absolute Gasteiger partial charge is 0.410 e. The maximum atomic E-state index is 13.6. The normalized spacial score (nSPS) is 22.4. The summed E-state index contributed by atoms with van der Waals surface area (Å²) in [5.74, 6) is 0.0134. The van der Waals surface area contributed by atoms with Crippen LogP contribution in [0.1, 0.15) is 72.6 Å². The van der Waals surface area contributed by atoms with Crippen LogP contribution in [0.15, 0.2) is 6.07 Å². The van der Waals surface area contributed by atoms with Crippen molar-refractivity contribution in [3.8, 4) is 0 Å². The van der Waals surface area contributed by atoms with Crippen molar-refractivity contribution >= 4 is 11.7 Å². The van der Waals surface area contributed by atoms with Crippen molar-refractivity contribution in [1.82, 2.24) is 24.9 Å². The van der Waals surface area contributed by atoms with Crippen molar-refractivity contribution in [2.75, 3.05) is 5.32 Å². The minimum atomic E-state index is -4.42. The van der Waals surface area contributed by atoms with Gasteiger partial charge in [-0.2, -0.15) is 23.4 Å². The number of halogens is 3. The number of aromatic nitrogens is 4. The molecule has 2 aromatic heterocycles. The highest BCUT2D eigenvalue weighted by Gasteiger charge is 2.49. The third-order valence-electron chi connectivity index (χ3n) is 6.16. The summed E-state index contributed by atoms with van der Waals surface area (Å²) >= 11 is 0. The van der Waals surface area contributed by atoms with Crippen LogP contribution in [0.4, 0.5) is 19.0 Å². The van der Waals surface area contributed by atoms with Crippen molar-refractivity contribution in [3.05, 3.63) is 28.7 Å². The van der Waals surface area contributed by atoms with Crippen LogP contribution in [-0.2, 0) is 6.54 Å². The second kappa shape index (κ2) is 7.31. The molecule has 0 spiro atoms. The van der Waals surface area contributed by atoms with Gasteiger partial charge in [-0.05, 0) is 52.9 Å². The van der Waals surface area contributed by atoms with Gasteiger partial charge in [0.05, 0.1) is 11.7 Å². The molecule has 164 valence electrons. The van der Waals surface area contributed by atoms with E-state index in [-0.39, 0.29) is 35.9 Å². The molecule has 4 rings (SSSR count). The van der Waals surface area contributed by atoms with E-state index in [1.165, 1.54) is 6.07 Å². The van der Waals surface area contributed by atoms with Gasteiger partial charge in [0.25, 0.3) is 5.91 Å². The highest BCUT2D eigenvalue weighted by Crippen LogP contribution is 2.45. The maximum Gasteiger partial charge on any atom is 0.410 e. The molecule has 3 heterocycles. The van der Waals surface area contributed by atoms with E-state index < -0.39 is 18.1 Å². The molecule has 3 atom stereocenters. The van der Waals surface area contributed by atoms with Gasteiger partial charge in [-0.25, -0.2) is 4.68 Å². The molecule has 30 heavy (non-hydrogen) atoms. The lowest BCUT2D eigenvalue weighted by atomic mass is 10.0. The molecule has 1 saturated carbocycles. The number of aryl methyl sites for hydroxylation is 2. The number of hydrogen-bond donors (Lipinski definition) is 2. The highest BCUT2D eigenvalue weighted by molar-refractivity contribution is 5.93. The zero-order valence-corrected chi connectivity index (χ0v) is 17.5. The SMILES string of the molecule is CCn1nc(C)c([C@@H](C)NC(=O)c2cc3n(n2)[C@@H](C(F)(F)F)C[C@@H](C2CC2)N3)c1C. The van der Waals surface area contributed by atoms with Gasteiger partial charge in [-0.15, -0.1) is 0 Å². The summed E-state index contributed by atoms with van der Waals surface area (Å²) in [5, 5.41) is 14.5. The first-order valence-electron chi connectivity index (χ1n) is 10.4. The quantitative estimate of drug-likeness (QED) is 0.763. The number of amides is 1. The molecule has 0 aromatic carbocycles. The van der Waals surface area contributed by atoms with Crippen LogP contribution in [0.25, 0.3) is 0 Å². The lowest BCUT2D eigenvalue weighted by Gasteiger charge is -2.33. The molecular formula is C20H27F3N6O. The third kappa shape index (κ3) is 3.67. The molecule has 1 aliphatic heterocycles. The number of anilines is 1. The van der Waals surface area contributed by atoms with Crippen LogP contribution in [0.2, 0.25) is 0 Å². The highest BCUT2D eigenvalue weighted by atomic mass is 19.4. The summed E-state index contributed by atoms with van der Waals surface area (Å²) in [6.45, 7) is 8.36. The van der Waals surface area contributed by atoms with Crippen LogP contribution in [-0.4, -0.2) is 37.7 Å². The molecule has 1 fully saturated rings. The van der Waals surface area contributed by atoms with Gasteiger partial charge in [0.2, 0.25) is 0 Å². The Labute approximate surface area is 173 Å². The smallest absolute Gasteiger partial charge is 0.367 e. The fourth-order valence-corrected chi connectivity index (χ4v) is 4.51. The fourth-order valence-electron chi connectivity index (χ4n) is 4.51. The Balaban J connectivity index is 1.57. The minimum absolute atomic E-state index is 0.0202. The molecule has 2 N–H and O–H groups in total. The molecule has 1 aliphatic carbocycles. The number of carbonyl (C=O) groups is 1. The second-order valence-electron chi connectivity index (χ2n) is 8.34. The summed E-state index contributed by atoms with van der Waals surface area (Å²) in [6, 6.07) is -0.876. The van der Waals surface area contributed by atoms with Gasteiger partial charge in [-0.3, -0.25) is 9.48 Å². The summed E-state index contributed by atoms with van der Waals surface area (Å²) in [6.07, 6.45) is -2.61. The molecule has 7 nitrogen and oxygen atoms in total. The zero-order valence-electron chi connectivity index (χ0n) is 17.5. The van der Waals surface area contributed by atoms with Crippen LogP contribution in [0, 0.1) is 19.8 Å². The predicted molar refractivity (Wildman–Crippen MR) is 105 cm³/mol. The predicted octanol–water partition coefficient (Wildman–Crippen LogP) is 3.90. The molecule has 2 aliphatic rings. The van der Waals surface area contributed by atoms with Crippen LogP contribution in [0.3, 0.4) is 0 Å². The van der Waals surface area contributed by atoms with E-state index in [4.69, 9.17) is 0 Å². The first-order valence-corrected chi connectivity index (χ1v) is 10.4. The van der Waals surface area contributed by atoms with Crippen LogP contribution >= 0.6 is 0 Å². The van der Waals surface area contributed by atoms with E-state index in [2.05, 4.69) is 20.8 Å². The van der Waals surface area contributed by atoms with Crippen molar-refractivity contribution in [1.29, 1.82) is 0 Å². The Bertz CT molecular complexity index is 959. The number of nitrogens with zero attached hydrogens (tertiary/aromatic N) is 4. The van der Waals surface area contributed by atoms with E-state index in [9.17, 15) is 18.0 Å². The molecule has 10 heteroatoms. The summed E-state index contributed by atoms with van der Waals surface area (Å²) < 4.78 is 43.7. The monoisotopic (exact) mass is 424 g/mol. The van der Waals surface area contributed by atoms with Gasteiger partial charge in [0.15, 0.2) is 11.7 Å². The first-order chi connectivity index (χ1) is 14.1. The standard InChI is InChI=1S/C20H27F3N6O/c1-5-28-12(4)18(11(3)26-28)10(2)24-19(30)15-9-17-25-14(13-6-7-13)8-16(20(21,22)23)29(17)27-15/h9-10,13-14,16,25H,5-8H2,1-4H3,(H,24,30)/t10-,14+,16-/m1/s1. The number of hydrogen-bond acceptors (Lipinski definition) is 4. The Morgan fingerprint density at radius 2 is 2.03 bits per heavy atom. The van der Waals surface area contributed by atoms with Crippen molar-refractivity contribution in [3.63, 3.8) is 0 Å². The van der Waals surface area contributed by atoms with E-state index >= 15 is 0 Å². The molecule has 0 unspecified atom stereocenters. The summed E-state index contributed by atoms with van der Waals surface area (Å²) in [4.78, 5) is 12.8. The molecule has 0 saturated heterocycles. The van der Waals surface area contributed by atoms with Crippen molar-refractivity contribution in [2.45, 2.75) is 77.8 Å². The van der Waals surface area contributed by atoms with Gasteiger partial charge < -0.3 is 10.6 Å². The van der Waals surface area contributed by atoms with Gasteiger partial charge in [0, 0.05) is 29.9 Å². The molecule has 2 aromatic rings. The van der Waals surface area contributed by atoms with Crippen molar-refractivity contribution in [2.24, 2.45) is 5.92 Å². The number of alkyl halides is 3. The third-order valence-corrected chi connectivity index (χ3v) is 6.16. The molecule has 0 radical (unpaired) electrons. The number of rotatable bonds is 5. The first kappa shape index (κ1) is 20.7. The number of fused-ring (bicyclic) bond motifs is 1. The van der Waals surface area contributed by atoms with Crippen LogP contribution in [0.5, 0.6) is 0 Å². The minimum Gasteiger partial charge on any atom is -0.367 e. The fraction of sp³-hybridized carbons (Fsp3) is 0.650. The van der Waals surface area contributed by atoms with Crippen molar-refractivity contribution < 1.29 is 18.0 Å². The van der Waals surface area contributed by atoms with E-state index in [0.29, 0.717) is 6.54 Å².